The quantitative estimate of drug-likeness (QED) is 0.555. The summed E-state index contributed by atoms with van der Waals surface area (Å²) in [6.07, 6.45) is 1.59. The van der Waals surface area contributed by atoms with E-state index in [0.717, 1.165) is 29.5 Å². The Morgan fingerprint density at radius 3 is 1.85 bits per heavy atom. The number of aliphatic hydroxyl groups excluding tert-OH is 1. The average Bonchev–Trinajstić information content (AvgIpc) is 2.56. The van der Waals surface area contributed by atoms with Crippen LogP contribution in [-0.4, -0.2) is 26.2 Å². The van der Waals surface area contributed by atoms with Crippen LogP contribution in [0.5, 0.6) is 0 Å². The lowest BCUT2D eigenvalue weighted by Gasteiger charge is -2.22. The molecule has 1 rings (SSSR count). The van der Waals surface area contributed by atoms with Gasteiger partial charge in [0, 0.05) is 0 Å². The molecule has 1 atom stereocenters. The number of rotatable bonds is 10. The van der Waals surface area contributed by atoms with Gasteiger partial charge in [-0.1, -0.05) is 73.4 Å². The van der Waals surface area contributed by atoms with Crippen LogP contribution in [0, 0.1) is 0 Å². The molecule has 0 heterocycles. The maximum atomic E-state index is 13.0. The highest BCUT2D eigenvalue weighted by Gasteiger charge is 2.28. The minimum absolute atomic E-state index is 0.0598. The Morgan fingerprint density at radius 1 is 0.962 bits per heavy atom. The van der Waals surface area contributed by atoms with Crippen molar-refractivity contribution < 1.29 is 17.7 Å². The minimum atomic E-state index is -3.93. The first-order chi connectivity index (χ1) is 12.0. The lowest BCUT2D eigenvalue weighted by atomic mass is 9.89. The molecule has 0 bridgehead atoms. The highest BCUT2D eigenvalue weighted by molar-refractivity contribution is 7.86. The Bertz CT molecular complexity index is 646. The van der Waals surface area contributed by atoms with E-state index in [2.05, 4.69) is 13.8 Å². The van der Waals surface area contributed by atoms with Crippen LogP contribution in [0.1, 0.15) is 102 Å². The Labute approximate surface area is 160 Å². The van der Waals surface area contributed by atoms with E-state index < -0.39 is 16.2 Å². The molecule has 1 unspecified atom stereocenters. The fraction of sp³-hybridized carbons (Fsp3) is 0.714. The van der Waals surface area contributed by atoms with Crippen molar-refractivity contribution >= 4 is 10.1 Å². The van der Waals surface area contributed by atoms with Gasteiger partial charge < -0.3 is 5.11 Å². The van der Waals surface area contributed by atoms with Crippen LogP contribution in [0.4, 0.5) is 0 Å². The van der Waals surface area contributed by atoms with E-state index in [-0.39, 0.29) is 23.3 Å². The predicted octanol–water partition coefficient (Wildman–Crippen LogP) is 5.31. The second-order valence-corrected chi connectivity index (χ2v) is 9.58. The van der Waals surface area contributed by atoms with E-state index in [0.29, 0.717) is 12.3 Å². The maximum absolute atomic E-state index is 13.0. The number of benzene rings is 1. The van der Waals surface area contributed by atoms with Gasteiger partial charge in [0.05, 0.1) is 12.7 Å². The van der Waals surface area contributed by atoms with Crippen molar-refractivity contribution in [1.82, 2.24) is 0 Å². The van der Waals surface area contributed by atoms with Crippen LogP contribution >= 0.6 is 0 Å². The number of hydrogen-bond acceptors (Lipinski definition) is 4. The average molecular weight is 385 g/mol. The molecule has 0 fully saturated rings. The summed E-state index contributed by atoms with van der Waals surface area (Å²) >= 11 is 0. The summed E-state index contributed by atoms with van der Waals surface area (Å²) in [6.45, 7) is 14.1. The number of aliphatic hydroxyl groups is 1. The molecule has 1 aromatic rings. The summed E-state index contributed by atoms with van der Waals surface area (Å²) in [5.74, 6) is 0.438. The van der Waals surface area contributed by atoms with Crippen molar-refractivity contribution in [3.05, 3.63) is 28.8 Å². The molecule has 150 valence electrons. The zero-order chi connectivity index (χ0) is 20.1. The third-order valence-corrected chi connectivity index (χ3v) is 6.05. The van der Waals surface area contributed by atoms with Gasteiger partial charge in [-0.25, -0.2) is 0 Å². The summed E-state index contributed by atoms with van der Waals surface area (Å²) in [7, 11) is -3.93. The largest absolute Gasteiger partial charge is 0.391 e. The predicted molar refractivity (Wildman–Crippen MR) is 107 cm³/mol. The van der Waals surface area contributed by atoms with Crippen LogP contribution in [0.2, 0.25) is 0 Å². The van der Waals surface area contributed by atoms with E-state index in [4.69, 9.17) is 4.18 Å². The minimum Gasteiger partial charge on any atom is -0.391 e. The Balaban J connectivity index is 3.34. The van der Waals surface area contributed by atoms with Gasteiger partial charge in [-0.05, 0) is 40.9 Å². The fourth-order valence-electron chi connectivity index (χ4n) is 2.93. The van der Waals surface area contributed by atoms with Gasteiger partial charge in [0.1, 0.15) is 4.90 Å². The van der Waals surface area contributed by atoms with Gasteiger partial charge in [0.15, 0.2) is 0 Å². The van der Waals surface area contributed by atoms with Crippen LogP contribution in [0.3, 0.4) is 0 Å². The summed E-state index contributed by atoms with van der Waals surface area (Å²) in [4.78, 5) is 0.287. The fourth-order valence-corrected chi connectivity index (χ4v) is 4.55. The van der Waals surface area contributed by atoms with Crippen LogP contribution in [0.15, 0.2) is 17.0 Å². The monoisotopic (exact) mass is 384 g/mol. The van der Waals surface area contributed by atoms with Crippen molar-refractivity contribution in [2.45, 2.75) is 96.5 Å². The molecule has 0 aliphatic heterocycles. The van der Waals surface area contributed by atoms with Gasteiger partial charge in [-0.2, -0.15) is 8.42 Å². The van der Waals surface area contributed by atoms with E-state index >= 15 is 0 Å². The molecular formula is C21H36O4S. The third-order valence-electron chi connectivity index (χ3n) is 4.64. The Hall–Kier alpha value is -0.910. The van der Waals surface area contributed by atoms with E-state index in [1.54, 1.807) is 0 Å². The normalized spacial score (nSPS) is 13.8. The van der Waals surface area contributed by atoms with E-state index in [1.807, 2.05) is 46.8 Å². The smallest absolute Gasteiger partial charge is 0.297 e. The zero-order valence-electron chi connectivity index (χ0n) is 17.4. The second-order valence-electron chi connectivity index (χ2n) is 8.03. The zero-order valence-corrected chi connectivity index (χ0v) is 18.2. The topological polar surface area (TPSA) is 63.6 Å². The lowest BCUT2D eigenvalue weighted by molar-refractivity contribution is 0.101. The molecule has 5 heteroatoms. The Kier molecular flexibility index (Phi) is 8.77. The Morgan fingerprint density at radius 2 is 1.46 bits per heavy atom. The van der Waals surface area contributed by atoms with Crippen LogP contribution < -0.4 is 0 Å². The molecule has 0 saturated heterocycles. The van der Waals surface area contributed by atoms with Crippen molar-refractivity contribution in [2.24, 2.45) is 0 Å². The molecule has 0 radical (unpaired) electrons. The number of hydrogen-bond donors (Lipinski definition) is 1. The highest BCUT2D eigenvalue weighted by atomic mass is 32.2. The SMILES string of the molecule is CCCCC(O)COS(=O)(=O)c1c(C(C)C)cc(C(C)C)cc1C(C)C. The third kappa shape index (κ3) is 6.07. The molecule has 0 aromatic heterocycles. The van der Waals surface area contributed by atoms with Crippen molar-refractivity contribution in [3.8, 4) is 0 Å². The standard InChI is InChI=1S/C21H36O4S/c1-8-9-10-18(22)13-25-26(23,24)21-19(15(4)5)11-17(14(2)3)12-20(21)16(6)7/h11-12,14-16,18,22H,8-10,13H2,1-7H3. The summed E-state index contributed by atoms with van der Waals surface area (Å²) in [6, 6.07) is 3.98. The molecule has 4 nitrogen and oxygen atoms in total. The molecule has 0 spiro atoms. The van der Waals surface area contributed by atoms with Crippen molar-refractivity contribution in [2.75, 3.05) is 6.61 Å². The molecular weight excluding hydrogens is 348 g/mol. The molecule has 1 aromatic carbocycles. The van der Waals surface area contributed by atoms with Gasteiger partial charge in [0.2, 0.25) is 0 Å². The van der Waals surface area contributed by atoms with Crippen LogP contribution in [0.25, 0.3) is 0 Å². The first-order valence-electron chi connectivity index (χ1n) is 9.76. The van der Waals surface area contributed by atoms with Gasteiger partial charge >= 0.3 is 0 Å². The van der Waals surface area contributed by atoms with Gasteiger partial charge in [-0.3, -0.25) is 4.18 Å². The first-order valence-corrected chi connectivity index (χ1v) is 11.2. The lowest BCUT2D eigenvalue weighted by Crippen LogP contribution is -2.21. The molecule has 0 amide bonds. The van der Waals surface area contributed by atoms with E-state index in [9.17, 15) is 13.5 Å². The molecule has 0 aliphatic carbocycles. The molecule has 0 aliphatic rings. The van der Waals surface area contributed by atoms with E-state index in [1.165, 1.54) is 0 Å². The number of unbranched alkanes of at least 4 members (excludes halogenated alkanes) is 1. The molecule has 1 N–H and O–H groups in total. The summed E-state index contributed by atoms with van der Waals surface area (Å²) in [5, 5.41) is 9.97. The highest BCUT2D eigenvalue weighted by Crippen LogP contribution is 2.36. The van der Waals surface area contributed by atoms with Crippen molar-refractivity contribution in [1.29, 1.82) is 0 Å². The summed E-state index contributed by atoms with van der Waals surface area (Å²) < 4.78 is 31.3. The summed E-state index contributed by atoms with van der Waals surface area (Å²) in [5.41, 5.74) is 2.73. The first kappa shape index (κ1) is 23.1. The molecule has 26 heavy (non-hydrogen) atoms. The second kappa shape index (κ2) is 9.86. The van der Waals surface area contributed by atoms with Crippen LogP contribution in [-0.2, 0) is 14.3 Å². The maximum Gasteiger partial charge on any atom is 0.297 e. The van der Waals surface area contributed by atoms with Crippen molar-refractivity contribution in [3.63, 3.8) is 0 Å². The molecule has 0 saturated carbocycles. The van der Waals surface area contributed by atoms with Gasteiger partial charge in [-0.15, -0.1) is 0 Å². The van der Waals surface area contributed by atoms with Gasteiger partial charge in [0.25, 0.3) is 10.1 Å².